The number of carbonyl (C=O) groups is 1. The second kappa shape index (κ2) is 5.96. The molecule has 1 aliphatic rings. The molecule has 4 nitrogen and oxygen atoms in total. The lowest BCUT2D eigenvalue weighted by Gasteiger charge is -2.38. The van der Waals surface area contributed by atoms with Crippen LogP contribution in [0.2, 0.25) is 0 Å². The Labute approximate surface area is 120 Å². The van der Waals surface area contributed by atoms with Crippen LogP contribution in [0.1, 0.15) is 32.3 Å². The van der Waals surface area contributed by atoms with Gasteiger partial charge < -0.3 is 9.64 Å². The van der Waals surface area contributed by atoms with Crippen molar-refractivity contribution in [1.29, 1.82) is 5.26 Å². The highest BCUT2D eigenvalue weighted by Gasteiger charge is 2.29. The summed E-state index contributed by atoms with van der Waals surface area (Å²) < 4.78 is 5.50. The van der Waals surface area contributed by atoms with Crippen molar-refractivity contribution in [2.24, 2.45) is 5.41 Å². The highest BCUT2D eigenvalue weighted by Crippen LogP contribution is 2.28. The van der Waals surface area contributed by atoms with Gasteiger partial charge in [0.25, 0.3) is 5.91 Å². The van der Waals surface area contributed by atoms with Crippen LogP contribution in [-0.4, -0.2) is 30.5 Å². The molecule has 1 heterocycles. The molecule has 2 rings (SSSR count). The molecule has 0 bridgehead atoms. The molecule has 0 atom stereocenters. The maximum atomic E-state index is 12.2. The first-order valence-corrected chi connectivity index (χ1v) is 6.91. The molecule has 1 fully saturated rings. The van der Waals surface area contributed by atoms with Gasteiger partial charge in [-0.05, 0) is 30.4 Å². The van der Waals surface area contributed by atoms with Crippen molar-refractivity contribution in [3.63, 3.8) is 0 Å². The molecule has 1 aromatic carbocycles. The van der Waals surface area contributed by atoms with Crippen LogP contribution in [0.15, 0.2) is 24.3 Å². The smallest absolute Gasteiger partial charge is 0.260 e. The molecule has 0 aromatic heterocycles. The molecule has 4 heteroatoms. The number of ether oxygens (including phenoxy) is 1. The van der Waals surface area contributed by atoms with Crippen LogP contribution in [-0.2, 0) is 4.79 Å². The van der Waals surface area contributed by atoms with Crippen LogP contribution in [0.3, 0.4) is 0 Å². The highest BCUT2D eigenvalue weighted by atomic mass is 16.5. The van der Waals surface area contributed by atoms with Gasteiger partial charge in [-0.3, -0.25) is 4.79 Å². The van der Waals surface area contributed by atoms with Gasteiger partial charge in [0.2, 0.25) is 0 Å². The van der Waals surface area contributed by atoms with E-state index < -0.39 is 0 Å². The summed E-state index contributed by atoms with van der Waals surface area (Å²) in [6.45, 7) is 5.92. The van der Waals surface area contributed by atoms with E-state index in [4.69, 9.17) is 10.00 Å². The van der Waals surface area contributed by atoms with E-state index in [1.807, 2.05) is 4.90 Å². The fourth-order valence-corrected chi connectivity index (χ4v) is 2.55. The molecule has 20 heavy (non-hydrogen) atoms. The quantitative estimate of drug-likeness (QED) is 0.849. The zero-order valence-electron chi connectivity index (χ0n) is 12.1. The van der Waals surface area contributed by atoms with Gasteiger partial charge in [-0.2, -0.15) is 5.26 Å². The van der Waals surface area contributed by atoms with Crippen LogP contribution in [0, 0.1) is 16.7 Å². The zero-order valence-corrected chi connectivity index (χ0v) is 12.1. The summed E-state index contributed by atoms with van der Waals surface area (Å²) in [4.78, 5) is 14.0. The number of nitrogens with zero attached hydrogens (tertiary/aromatic N) is 2. The zero-order chi connectivity index (χ0) is 14.6. The number of likely N-dealkylation sites (tertiary alicyclic amines) is 1. The number of hydrogen-bond donors (Lipinski definition) is 0. The largest absolute Gasteiger partial charge is 0.482 e. The number of amides is 1. The van der Waals surface area contributed by atoms with Crippen LogP contribution in [0.25, 0.3) is 0 Å². The van der Waals surface area contributed by atoms with Gasteiger partial charge in [-0.25, -0.2) is 0 Å². The maximum absolute atomic E-state index is 12.2. The Morgan fingerprint density at radius 3 is 2.90 bits per heavy atom. The number of hydrogen-bond acceptors (Lipinski definition) is 3. The Hall–Kier alpha value is -2.02. The van der Waals surface area contributed by atoms with Crippen LogP contribution in [0.5, 0.6) is 5.75 Å². The first-order valence-electron chi connectivity index (χ1n) is 6.91. The van der Waals surface area contributed by atoms with E-state index in [0.717, 1.165) is 25.9 Å². The molecular weight excluding hydrogens is 252 g/mol. The molecule has 0 unspecified atom stereocenters. The van der Waals surface area contributed by atoms with Gasteiger partial charge in [0, 0.05) is 13.1 Å². The fraction of sp³-hybridized carbons (Fsp3) is 0.500. The predicted octanol–water partition coefficient (Wildman–Crippen LogP) is 2.59. The van der Waals surface area contributed by atoms with E-state index in [0.29, 0.717) is 11.3 Å². The van der Waals surface area contributed by atoms with E-state index >= 15 is 0 Å². The third-order valence-corrected chi connectivity index (χ3v) is 3.61. The molecule has 1 saturated heterocycles. The lowest BCUT2D eigenvalue weighted by Crippen LogP contribution is -2.45. The normalized spacial score (nSPS) is 17.4. The Bertz CT molecular complexity index is 532. The second-order valence-electron chi connectivity index (χ2n) is 5.98. The van der Waals surface area contributed by atoms with E-state index in [9.17, 15) is 4.79 Å². The van der Waals surface area contributed by atoms with Gasteiger partial charge in [0.15, 0.2) is 6.61 Å². The van der Waals surface area contributed by atoms with Crippen molar-refractivity contribution in [3.05, 3.63) is 29.8 Å². The van der Waals surface area contributed by atoms with Crippen LogP contribution < -0.4 is 4.74 Å². The molecular formula is C16H20N2O2. The number of piperidine rings is 1. The number of rotatable bonds is 3. The molecule has 0 saturated carbocycles. The predicted molar refractivity (Wildman–Crippen MR) is 76.2 cm³/mol. The summed E-state index contributed by atoms with van der Waals surface area (Å²) in [5.74, 6) is 0.463. The fourth-order valence-electron chi connectivity index (χ4n) is 2.55. The number of benzene rings is 1. The SMILES string of the molecule is CC1(C)CCCN(C(=O)COc2ccccc2C#N)C1. The average Bonchev–Trinajstić information content (AvgIpc) is 2.44. The summed E-state index contributed by atoms with van der Waals surface area (Å²) in [7, 11) is 0. The third-order valence-electron chi connectivity index (χ3n) is 3.61. The van der Waals surface area contributed by atoms with E-state index in [1.54, 1.807) is 24.3 Å². The van der Waals surface area contributed by atoms with Gasteiger partial charge in [0.05, 0.1) is 5.56 Å². The summed E-state index contributed by atoms with van der Waals surface area (Å²) >= 11 is 0. The molecule has 1 aromatic rings. The van der Waals surface area contributed by atoms with Crippen molar-refractivity contribution >= 4 is 5.91 Å². The molecule has 0 spiro atoms. The van der Waals surface area contributed by atoms with Gasteiger partial charge in [0.1, 0.15) is 11.8 Å². The Morgan fingerprint density at radius 2 is 2.20 bits per heavy atom. The maximum Gasteiger partial charge on any atom is 0.260 e. The standard InChI is InChI=1S/C16H20N2O2/c1-16(2)8-5-9-18(12-16)15(19)11-20-14-7-4-3-6-13(14)10-17/h3-4,6-7H,5,8-9,11-12H2,1-2H3. The molecule has 1 amide bonds. The Kier molecular flexibility index (Phi) is 4.29. The first-order chi connectivity index (χ1) is 9.52. The number of para-hydroxylation sites is 1. The molecule has 0 aliphatic carbocycles. The van der Waals surface area contributed by atoms with Gasteiger partial charge in [-0.1, -0.05) is 26.0 Å². The minimum absolute atomic E-state index is 0.00519. The van der Waals surface area contributed by atoms with Crippen molar-refractivity contribution in [1.82, 2.24) is 4.90 Å². The highest BCUT2D eigenvalue weighted by molar-refractivity contribution is 5.78. The number of nitriles is 1. The van der Waals surface area contributed by atoms with Crippen molar-refractivity contribution in [2.75, 3.05) is 19.7 Å². The minimum Gasteiger partial charge on any atom is -0.482 e. The van der Waals surface area contributed by atoms with Gasteiger partial charge in [-0.15, -0.1) is 0 Å². The van der Waals surface area contributed by atoms with Crippen LogP contribution in [0.4, 0.5) is 0 Å². The van der Waals surface area contributed by atoms with E-state index in [2.05, 4.69) is 19.9 Å². The lowest BCUT2D eigenvalue weighted by molar-refractivity contribution is -0.136. The molecule has 0 N–H and O–H groups in total. The molecule has 106 valence electrons. The topological polar surface area (TPSA) is 53.3 Å². The Balaban J connectivity index is 1.94. The summed E-state index contributed by atoms with van der Waals surface area (Å²) in [6.07, 6.45) is 2.18. The van der Waals surface area contributed by atoms with E-state index in [-0.39, 0.29) is 17.9 Å². The second-order valence-corrected chi connectivity index (χ2v) is 5.98. The third kappa shape index (κ3) is 3.51. The van der Waals surface area contributed by atoms with E-state index in [1.165, 1.54) is 0 Å². The monoisotopic (exact) mass is 272 g/mol. The Morgan fingerprint density at radius 1 is 1.45 bits per heavy atom. The molecule has 0 radical (unpaired) electrons. The van der Waals surface area contributed by atoms with Gasteiger partial charge >= 0.3 is 0 Å². The summed E-state index contributed by atoms with van der Waals surface area (Å²) in [6, 6.07) is 9.04. The average molecular weight is 272 g/mol. The summed E-state index contributed by atoms with van der Waals surface area (Å²) in [5, 5.41) is 8.98. The first kappa shape index (κ1) is 14.4. The summed E-state index contributed by atoms with van der Waals surface area (Å²) in [5.41, 5.74) is 0.637. The minimum atomic E-state index is -0.00878. The van der Waals surface area contributed by atoms with Crippen LogP contribution >= 0.6 is 0 Å². The molecule has 1 aliphatic heterocycles. The van der Waals surface area contributed by atoms with Crippen molar-refractivity contribution in [3.8, 4) is 11.8 Å². The lowest BCUT2D eigenvalue weighted by atomic mass is 9.84. The van der Waals surface area contributed by atoms with Crippen molar-refractivity contribution in [2.45, 2.75) is 26.7 Å². The number of carbonyl (C=O) groups excluding carboxylic acids is 1. The van der Waals surface area contributed by atoms with Crippen molar-refractivity contribution < 1.29 is 9.53 Å².